The fourth-order valence-corrected chi connectivity index (χ4v) is 1.09. The summed E-state index contributed by atoms with van der Waals surface area (Å²) in [4.78, 5) is 0. The minimum absolute atomic E-state index is 0.233. The molecule has 2 nitrogen and oxygen atoms in total. The third kappa shape index (κ3) is 1.13. The Morgan fingerprint density at radius 1 is 1.45 bits per heavy atom. The van der Waals surface area contributed by atoms with Gasteiger partial charge in [0.25, 0.3) is 6.36 Å². The van der Waals surface area contributed by atoms with Gasteiger partial charge in [0.1, 0.15) is 5.75 Å². The summed E-state index contributed by atoms with van der Waals surface area (Å²) in [5, 5.41) is 2.91. The predicted octanol–water partition coefficient (Wildman–Crippen LogP) is 1.79. The second-order valence-corrected chi connectivity index (χ2v) is 2.40. The molecule has 0 radical (unpaired) electrons. The zero-order valence-electron chi connectivity index (χ0n) is 5.88. The Labute approximate surface area is 64.0 Å². The van der Waals surface area contributed by atoms with Gasteiger partial charge in [-0.3, -0.25) is 0 Å². The van der Waals surface area contributed by atoms with Gasteiger partial charge in [0.15, 0.2) is 0 Å². The zero-order chi connectivity index (χ0) is 7.68. The quantitative estimate of drug-likeness (QED) is 0.613. The Bertz CT molecular complexity index is 264. The number of nitrogens with one attached hydrogen (secondary N) is 1. The van der Waals surface area contributed by atoms with Crippen molar-refractivity contribution in [2.75, 3.05) is 11.9 Å². The summed E-state index contributed by atoms with van der Waals surface area (Å²) in [5.74, 6) is 0.589. The van der Waals surface area contributed by atoms with Gasteiger partial charge in [-0.2, -0.15) is 4.39 Å². The van der Waals surface area contributed by atoms with Crippen LogP contribution in [0.15, 0.2) is 24.3 Å². The molecule has 0 amide bonds. The van der Waals surface area contributed by atoms with E-state index in [1.807, 2.05) is 18.2 Å². The van der Waals surface area contributed by atoms with Crippen molar-refractivity contribution in [3.63, 3.8) is 0 Å². The van der Waals surface area contributed by atoms with Gasteiger partial charge < -0.3 is 10.1 Å². The van der Waals surface area contributed by atoms with Crippen LogP contribution in [0.4, 0.5) is 10.1 Å². The molecule has 58 valence electrons. The second-order valence-electron chi connectivity index (χ2n) is 2.40. The maximum Gasteiger partial charge on any atom is 0.255 e. The lowest BCUT2D eigenvalue weighted by Gasteiger charge is -2.21. The fourth-order valence-electron chi connectivity index (χ4n) is 1.09. The largest absolute Gasteiger partial charge is 0.456 e. The standard InChI is InChI=1S/C8H8FNO/c9-8-5-10-6-3-1-2-4-7(6)11-8/h1-4,8,10H,5H2. The summed E-state index contributed by atoms with van der Waals surface area (Å²) in [6.45, 7) is 0.233. The normalized spacial score (nSPS) is 21.4. The molecular weight excluding hydrogens is 145 g/mol. The van der Waals surface area contributed by atoms with Gasteiger partial charge in [-0.05, 0) is 12.1 Å². The average Bonchev–Trinajstić information content (AvgIpc) is 2.04. The smallest absolute Gasteiger partial charge is 0.255 e. The predicted molar refractivity (Wildman–Crippen MR) is 40.5 cm³/mol. The van der Waals surface area contributed by atoms with Gasteiger partial charge >= 0.3 is 0 Å². The number of ether oxygens (including phenoxy) is 1. The van der Waals surface area contributed by atoms with Crippen LogP contribution in [0.1, 0.15) is 0 Å². The van der Waals surface area contributed by atoms with Gasteiger partial charge in [-0.1, -0.05) is 12.1 Å². The molecule has 1 aromatic carbocycles. The van der Waals surface area contributed by atoms with Crippen molar-refractivity contribution in [2.45, 2.75) is 6.36 Å². The minimum Gasteiger partial charge on any atom is -0.456 e. The number of benzene rings is 1. The van der Waals surface area contributed by atoms with E-state index >= 15 is 0 Å². The Balaban J connectivity index is 2.34. The van der Waals surface area contributed by atoms with Crippen molar-refractivity contribution in [3.05, 3.63) is 24.3 Å². The monoisotopic (exact) mass is 153 g/mol. The second kappa shape index (κ2) is 2.42. The molecule has 0 saturated carbocycles. The van der Waals surface area contributed by atoms with E-state index in [9.17, 15) is 4.39 Å². The summed E-state index contributed by atoms with van der Waals surface area (Å²) in [6, 6.07) is 7.31. The molecule has 2 rings (SSSR count). The fraction of sp³-hybridized carbons (Fsp3) is 0.250. The lowest BCUT2D eigenvalue weighted by Crippen LogP contribution is -2.26. The highest BCUT2D eigenvalue weighted by atomic mass is 19.1. The average molecular weight is 153 g/mol. The summed E-state index contributed by atoms with van der Waals surface area (Å²) >= 11 is 0. The molecule has 1 N–H and O–H groups in total. The maximum atomic E-state index is 12.6. The van der Waals surface area contributed by atoms with Crippen LogP contribution in [0.5, 0.6) is 5.75 Å². The van der Waals surface area contributed by atoms with Crippen molar-refractivity contribution in [1.82, 2.24) is 0 Å². The molecule has 1 unspecified atom stereocenters. The van der Waals surface area contributed by atoms with Gasteiger partial charge in [0.05, 0.1) is 12.2 Å². The van der Waals surface area contributed by atoms with Crippen molar-refractivity contribution >= 4 is 5.69 Å². The molecule has 0 spiro atoms. The molecule has 1 aliphatic heterocycles. The first-order valence-corrected chi connectivity index (χ1v) is 3.50. The molecule has 0 aliphatic carbocycles. The first kappa shape index (κ1) is 6.46. The van der Waals surface area contributed by atoms with Crippen molar-refractivity contribution in [2.24, 2.45) is 0 Å². The third-order valence-corrected chi connectivity index (χ3v) is 1.59. The van der Waals surface area contributed by atoms with E-state index in [0.29, 0.717) is 5.75 Å². The number of fused-ring (bicyclic) bond motifs is 1. The van der Waals surface area contributed by atoms with Crippen molar-refractivity contribution in [1.29, 1.82) is 0 Å². The van der Waals surface area contributed by atoms with Crippen LogP contribution in [0.3, 0.4) is 0 Å². The minimum atomic E-state index is -1.22. The zero-order valence-corrected chi connectivity index (χ0v) is 5.88. The van der Waals surface area contributed by atoms with Gasteiger partial charge in [-0.15, -0.1) is 0 Å². The molecule has 0 bridgehead atoms. The number of alkyl halides is 1. The van der Waals surface area contributed by atoms with Gasteiger partial charge in [0.2, 0.25) is 0 Å². The molecule has 0 fully saturated rings. The van der Waals surface area contributed by atoms with Crippen LogP contribution in [0, 0.1) is 0 Å². The first-order valence-electron chi connectivity index (χ1n) is 3.50. The van der Waals surface area contributed by atoms with E-state index in [-0.39, 0.29) is 6.54 Å². The highest BCUT2D eigenvalue weighted by Gasteiger charge is 2.16. The number of rotatable bonds is 0. The van der Waals surface area contributed by atoms with Crippen LogP contribution in [0.25, 0.3) is 0 Å². The Morgan fingerprint density at radius 3 is 3.18 bits per heavy atom. The van der Waals surface area contributed by atoms with Crippen LogP contribution in [-0.4, -0.2) is 12.9 Å². The molecule has 0 saturated heterocycles. The van der Waals surface area contributed by atoms with Gasteiger partial charge in [0, 0.05) is 0 Å². The van der Waals surface area contributed by atoms with Crippen LogP contribution >= 0.6 is 0 Å². The molecule has 11 heavy (non-hydrogen) atoms. The Kier molecular flexibility index (Phi) is 1.42. The van der Waals surface area contributed by atoms with Crippen molar-refractivity contribution in [3.8, 4) is 5.75 Å². The van der Waals surface area contributed by atoms with E-state index in [1.165, 1.54) is 0 Å². The van der Waals surface area contributed by atoms with E-state index in [0.717, 1.165) is 5.69 Å². The molecule has 0 aromatic heterocycles. The summed E-state index contributed by atoms with van der Waals surface area (Å²) < 4.78 is 17.5. The first-order chi connectivity index (χ1) is 5.36. The van der Waals surface area contributed by atoms with Crippen molar-refractivity contribution < 1.29 is 9.13 Å². The topological polar surface area (TPSA) is 21.3 Å². The Morgan fingerprint density at radius 2 is 2.27 bits per heavy atom. The van der Waals surface area contributed by atoms with Crippen LogP contribution in [-0.2, 0) is 0 Å². The summed E-state index contributed by atoms with van der Waals surface area (Å²) in [5.41, 5.74) is 0.862. The number of anilines is 1. The maximum absolute atomic E-state index is 12.6. The molecule has 3 heteroatoms. The number of para-hydroxylation sites is 2. The highest BCUT2D eigenvalue weighted by molar-refractivity contribution is 5.57. The van der Waals surface area contributed by atoms with E-state index in [1.54, 1.807) is 6.07 Å². The van der Waals surface area contributed by atoms with Crippen LogP contribution < -0.4 is 10.1 Å². The number of hydrogen-bond donors (Lipinski definition) is 1. The van der Waals surface area contributed by atoms with E-state index in [2.05, 4.69) is 5.32 Å². The molecule has 1 aromatic rings. The molecule has 1 heterocycles. The number of hydrogen-bond acceptors (Lipinski definition) is 2. The Hall–Kier alpha value is -1.25. The molecular formula is C8H8FNO. The lowest BCUT2D eigenvalue weighted by atomic mass is 10.2. The van der Waals surface area contributed by atoms with E-state index < -0.39 is 6.36 Å². The molecule has 1 aliphatic rings. The number of halogens is 1. The lowest BCUT2D eigenvalue weighted by molar-refractivity contribution is 0.0740. The third-order valence-electron chi connectivity index (χ3n) is 1.59. The van der Waals surface area contributed by atoms with Gasteiger partial charge in [-0.25, -0.2) is 0 Å². The summed E-state index contributed by atoms with van der Waals surface area (Å²) in [6.07, 6.45) is -1.22. The van der Waals surface area contributed by atoms with E-state index in [4.69, 9.17) is 4.74 Å². The highest BCUT2D eigenvalue weighted by Crippen LogP contribution is 2.28. The van der Waals surface area contributed by atoms with Crippen LogP contribution in [0.2, 0.25) is 0 Å². The SMILES string of the molecule is FC1CNc2ccccc2O1. The molecule has 1 atom stereocenters. The summed E-state index contributed by atoms with van der Waals surface area (Å²) in [7, 11) is 0.